The first kappa shape index (κ1) is 8.81. The van der Waals surface area contributed by atoms with Crippen molar-refractivity contribution in [1.82, 2.24) is 0 Å². The molecular weight excluding hydrogens is 239 g/mol. The van der Waals surface area contributed by atoms with E-state index >= 15 is 0 Å². The SMILES string of the molecule is FCc1cc(Br)c2c(c1)OCCO2. The Morgan fingerprint density at radius 2 is 2.08 bits per heavy atom. The van der Waals surface area contributed by atoms with E-state index in [9.17, 15) is 4.39 Å². The molecule has 0 saturated heterocycles. The molecule has 0 atom stereocenters. The fraction of sp³-hybridized carbons (Fsp3) is 0.333. The third kappa shape index (κ3) is 1.63. The van der Waals surface area contributed by atoms with E-state index in [2.05, 4.69) is 15.9 Å². The molecule has 1 aliphatic heterocycles. The van der Waals surface area contributed by atoms with Crippen molar-refractivity contribution in [2.75, 3.05) is 13.2 Å². The molecule has 70 valence electrons. The fourth-order valence-electron chi connectivity index (χ4n) is 1.24. The topological polar surface area (TPSA) is 18.5 Å². The summed E-state index contributed by atoms with van der Waals surface area (Å²) >= 11 is 3.30. The van der Waals surface area contributed by atoms with E-state index < -0.39 is 6.67 Å². The molecule has 0 saturated carbocycles. The number of rotatable bonds is 1. The lowest BCUT2D eigenvalue weighted by molar-refractivity contribution is 0.170. The molecule has 0 spiro atoms. The van der Waals surface area contributed by atoms with Crippen molar-refractivity contribution < 1.29 is 13.9 Å². The van der Waals surface area contributed by atoms with Crippen molar-refractivity contribution in [2.45, 2.75) is 6.67 Å². The van der Waals surface area contributed by atoms with Gasteiger partial charge in [-0.05, 0) is 33.6 Å². The number of hydrogen-bond donors (Lipinski definition) is 0. The highest BCUT2D eigenvalue weighted by molar-refractivity contribution is 9.10. The lowest BCUT2D eigenvalue weighted by Gasteiger charge is -2.19. The zero-order valence-corrected chi connectivity index (χ0v) is 8.43. The van der Waals surface area contributed by atoms with Gasteiger partial charge >= 0.3 is 0 Å². The molecule has 0 bridgehead atoms. The van der Waals surface area contributed by atoms with Gasteiger partial charge in [0, 0.05) is 0 Å². The van der Waals surface area contributed by atoms with Crippen LogP contribution < -0.4 is 9.47 Å². The Balaban J connectivity index is 2.47. The van der Waals surface area contributed by atoms with E-state index in [-0.39, 0.29) is 0 Å². The van der Waals surface area contributed by atoms with Gasteiger partial charge in [-0.2, -0.15) is 0 Å². The quantitative estimate of drug-likeness (QED) is 0.759. The van der Waals surface area contributed by atoms with Crippen LogP contribution in [-0.2, 0) is 6.67 Å². The molecule has 0 unspecified atom stereocenters. The van der Waals surface area contributed by atoms with Gasteiger partial charge in [0.15, 0.2) is 11.5 Å². The molecular formula is C9H8BrFO2. The summed E-state index contributed by atoms with van der Waals surface area (Å²) in [5.41, 5.74) is 0.594. The van der Waals surface area contributed by atoms with Crippen LogP contribution in [0.2, 0.25) is 0 Å². The maximum Gasteiger partial charge on any atom is 0.175 e. The van der Waals surface area contributed by atoms with Crippen molar-refractivity contribution in [3.63, 3.8) is 0 Å². The van der Waals surface area contributed by atoms with Crippen LogP contribution in [0.25, 0.3) is 0 Å². The first-order chi connectivity index (χ1) is 6.31. The Morgan fingerprint density at radius 3 is 2.85 bits per heavy atom. The van der Waals surface area contributed by atoms with Crippen molar-refractivity contribution in [1.29, 1.82) is 0 Å². The first-order valence-electron chi connectivity index (χ1n) is 3.95. The predicted molar refractivity (Wildman–Crippen MR) is 49.9 cm³/mol. The summed E-state index contributed by atoms with van der Waals surface area (Å²) < 4.78 is 23.8. The summed E-state index contributed by atoms with van der Waals surface area (Å²) in [6.45, 7) is 0.574. The van der Waals surface area contributed by atoms with Crippen molar-refractivity contribution in [3.05, 3.63) is 22.2 Å². The number of halogens is 2. The standard InChI is InChI=1S/C9H8BrFO2/c10-7-3-6(5-11)4-8-9(7)13-2-1-12-8/h3-4H,1-2,5H2. The molecule has 1 aromatic carbocycles. The maximum absolute atomic E-state index is 12.4. The first-order valence-corrected chi connectivity index (χ1v) is 4.74. The Morgan fingerprint density at radius 1 is 1.31 bits per heavy atom. The zero-order chi connectivity index (χ0) is 9.26. The van der Waals surface area contributed by atoms with Gasteiger partial charge in [0.05, 0.1) is 4.47 Å². The normalized spacial score (nSPS) is 14.3. The average Bonchev–Trinajstić information content (AvgIpc) is 2.18. The second-order valence-electron chi connectivity index (χ2n) is 2.74. The molecule has 0 aliphatic carbocycles. The van der Waals surface area contributed by atoms with Crippen LogP contribution >= 0.6 is 15.9 Å². The Kier molecular flexibility index (Phi) is 2.40. The molecule has 1 aliphatic rings. The summed E-state index contributed by atoms with van der Waals surface area (Å²) in [6, 6.07) is 3.37. The minimum atomic E-state index is -0.491. The van der Waals surface area contributed by atoms with Gasteiger partial charge in [-0.3, -0.25) is 0 Å². The van der Waals surface area contributed by atoms with Crippen LogP contribution in [0.1, 0.15) is 5.56 Å². The molecule has 13 heavy (non-hydrogen) atoms. The molecule has 2 rings (SSSR count). The molecule has 0 fully saturated rings. The molecule has 4 heteroatoms. The highest BCUT2D eigenvalue weighted by Crippen LogP contribution is 2.38. The van der Waals surface area contributed by atoms with Crippen LogP contribution in [0.3, 0.4) is 0 Å². The van der Waals surface area contributed by atoms with E-state index in [4.69, 9.17) is 9.47 Å². The van der Waals surface area contributed by atoms with Crippen molar-refractivity contribution in [2.24, 2.45) is 0 Å². The van der Waals surface area contributed by atoms with Crippen LogP contribution in [0.4, 0.5) is 4.39 Å². The van der Waals surface area contributed by atoms with E-state index in [1.165, 1.54) is 0 Å². The molecule has 0 N–H and O–H groups in total. The largest absolute Gasteiger partial charge is 0.486 e. The third-order valence-corrected chi connectivity index (χ3v) is 2.40. The Hall–Kier alpha value is -0.770. The van der Waals surface area contributed by atoms with E-state index in [1.807, 2.05) is 0 Å². The summed E-state index contributed by atoms with van der Waals surface area (Å²) in [6.07, 6.45) is 0. The van der Waals surface area contributed by atoms with Crippen LogP contribution in [0.5, 0.6) is 11.5 Å². The number of ether oxygens (including phenoxy) is 2. The highest BCUT2D eigenvalue weighted by atomic mass is 79.9. The lowest BCUT2D eigenvalue weighted by atomic mass is 10.2. The van der Waals surface area contributed by atoms with Gasteiger partial charge in [0.1, 0.15) is 19.9 Å². The third-order valence-electron chi connectivity index (χ3n) is 1.81. The lowest BCUT2D eigenvalue weighted by Crippen LogP contribution is -2.15. The summed E-state index contributed by atoms with van der Waals surface area (Å²) in [4.78, 5) is 0. The molecule has 0 amide bonds. The van der Waals surface area contributed by atoms with Crippen LogP contribution in [-0.4, -0.2) is 13.2 Å². The Bertz CT molecular complexity index is 328. The van der Waals surface area contributed by atoms with E-state index in [0.29, 0.717) is 30.3 Å². The molecule has 0 aromatic heterocycles. The minimum Gasteiger partial charge on any atom is -0.486 e. The van der Waals surface area contributed by atoms with Gasteiger partial charge < -0.3 is 9.47 Å². The summed E-state index contributed by atoms with van der Waals surface area (Å²) in [5.74, 6) is 1.29. The number of alkyl halides is 1. The smallest absolute Gasteiger partial charge is 0.175 e. The predicted octanol–water partition coefficient (Wildman–Crippen LogP) is 2.69. The molecule has 1 aromatic rings. The second-order valence-corrected chi connectivity index (χ2v) is 3.59. The average molecular weight is 247 g/mol. The van der Waals surface area contributed by atoms with Crippen LogP contribution in [0.15, 0.2) is 16.6 Å². The zero-order valence-electron chi connectivity index (χ0n) is 6.85. The fourth-order valence-corrected chi connectivity index (χ4v) is 1.85. The van der Waals surface area contributed by atoms with Gasteiger partial charge in [0.2, 0.25) is 0 Å². The number of hydrogen-bond acceptors (Lipinski definition) is 2. The maximum atomic E-state index is 12.4. The Labute approximate surface area is 83.8 Å². The van der Waals surface area contributed by atoms with Crippen molar-refractivity contribution >= 4 is 15.9 Å². The van der Waals surface area contributed by atoms with Gasteiger partial charge in [0.25, 0.3) is 0 Å². The number of benzene rings is 1. The van der Waals surface area contributed by atoms with Gasteiger partial charge in [-0.15, -0.1) is 0 Å². The van der Waals surface area contributed by atoms with E-state index in [0.717, 1.165) is 4.47 Å². The second kappa shape index (κ2) is 3.54. The summed E-state index contributed by atoms with van der Waals surface area (Å²) in [5, 5.41) is 0. The molecule has 0 radical (unpaired) electrons. The number of fused-ring (bicyclic) bond motifs is 1. The molecule has 1 heterocycles. The van der Waals surface area contributed by atoms with E-state index in [1.54, 1.807) is 12.1 Å². The van der Waals surface area contributed by atoms with Crippen molar-refractivity contribution in [3.8, 4) is 11.5 Å². The van der Waals surface area contributed by atoms with Gasteiger partial charge in [-0.25, -0.2) is 4.39 Å². The highest BCUT2D eigenvalue weighted by Gasteiger charge is 2.15. The van der Waals surface area contributed by atoms with Crippen LogP contribution in [0, 0.1) is 0 Å². The minimum absolute atomic E-state index is 0.491. The molecule has 2 nitrogen and oxygen atoms in total. The monoisotopic (exact) mass is 246 g/mol. The van der Waals surface area contributed by atoms with Gasteiger partial charge in [-0.1, -0.05) is 0 Å². The summed E-state index contributed by atoms with van der Waals surface area (Å²) in [7, 11) is 0.